The van der Waals surface area contributed by atoms with Crippen LogP contribution in [-0.2, 0) is 14.6 Å². The zero-order valence-corrected chi connectivity index (χ0v) is 13.0. The molecule has 1 unspecified atom stereocenters. The average Bonchev–Trinajstić information content (AvgIpc) is 2.83. The number of anilines is 1. The van der Waals surface area contributed by atoms with Crippen LogP contribution in [0.15, 0.2) is 28.7 Å². The van der Waals surface area contributed by atoms with E-state index in [2.05, 4.69) is 21.2 Å². The predicted octanol–water partition coefficient (Wildman–Crippen LogP) is 2.45. The molecule has 19 heavy (non-hydrogen) atoms. The predicted molar refractivity (Wildman–Crippen MR) is 80.3 cm³/mol. The van der Waals surface area contributed by atoms with Crippen LogP contribution in [0, 0.1) is 0 Å². The maximum Gasteiger partial charge on any atom is 0.154 e. The molecule has 0 aliphatic carbocycles. The lowest BCUT2D eigenvalue weighted by molar-refractivity contribution is 0.127. The van der Waals surface area contributed by atoms with E-state index in [1.165, 1.54) is 0 Å². The van der Waals surface area contributed by atoms with Crippen molar-refractivity contribution in [3.05, 3.63) is 28.7 Å². The second-order valence-electron chi connectivity index (χ2n) is 4.68. The third-order valence-electron chi connectivity index (χ3n) is 3.05. The molecule has 1 aromatic rings. The monoisotopic (exact) mass is 347 g/mol. The Morgan fingerprint density at radius 2 is 2.05 bits per heavy atom. The number of benzene rings is 1. The fourth-order valence-electron chi connectivity index (χ4n) is 2.06. The summed E-state index contributed by atoms with van der Waals surface area (Å²) in [7, 11) is -3.04. The molecule has 1 fully saturated rings. The van der Waals surface area contributed by atoms with Gasteiger partial charge in [0.1, 0.15) is 0 Å². The van der Waals surface area contributed by atoms with E-state index in [4.69, 9.17) is 4.74 Å². The first kappa shape index (κ1) is 14.8. The summed E-state index contributed by atoms with van der Waals surface area (Å²) in [6.07, 6.45) is 1.73. The van der Waals surface area contributed by atoms with Gasteiger partial charge >= 0.3 is 0 Å². The van der Waals surface area contributed by atoms with Crippen LogP contribution in [0.5, 0.6) is 0 Å². The lowest BCUT2D eigenvalue weighted by atomic mass is 10.3. The molecule has 0 bridgehead atoms. The molecule has 6 heteroatoms. The van der Waals surface area contributed by atoms with E-state index in [1.807, 2.05) is 24.3 Å². The lowest BCUT2D eigenvalue weighted by Crippen LogP contribution is -2.25. The van der Waals surface area contributed by atoms with Gasteiger partial charge in [0.05, 0.1) is 17.6 Å². The van der Waals surface area contributed by atoms with Crippen molar-refractivity contribution in [1.82, 2.24) is 0 Å². The second kappa shape index (κ2) is 6.72. The molecular weight excluding hydrogens is 330 g/mol. The largest absolute Gasteiger partial charge is 0.384 e. The second-order valence-corrected chi connectivity index (χ2v) is 7.83. The van der Waals surface area contributed by atoms with Gasteiger partial charge in [-0.05, 0) is 37.1 Å². The molecule has 1 saturated heterocycles. The minimum atomic E-state index is -3.04. The van der Waals surface area contributed by atoms with Crippen LogP contribution in [0.4, 0.5) is 5.69 Å². The minimum absolute atomic E-state index is 0.0994. The van der Waals surface area contributed by atoms with Crippen LogP contribution >= 0.6 is 15.9 Å². The number of ether oxygens (including phenoxy) is 1. The summed E-state index contributed by atoms with van der Waals surface area (Å²) in [5.41, 5.74) is 0.926. The number of halogens is 1. The van der Waals surface area contributed by atoms with E-state index in [-0.39, 0.29) is 17.6 Å². The highest BCUT2D eigenvalue weighted by Gasteiger charge is 2.22. The Morgan fingerprint density at radius 1 is 1.32 bits per heavy atom. The quantitative estimate of drug-likeness (QED) is 0.858. The van der Waals surface area contributed by atoms with Crippen molar-refractivity contribution in [2.24, 2.45) is 0 Å². The van der Waals surface area contributed by atoms with E-state index in [9.17, 15) is 8.42 Å². The summed E-state index contributed by atoms with van der Waals surface area (Å²) in [5, 5.41) is 3.11. The van der Waals surface area contributed by atoms with Gasteiger partial charge in [-0.15, -0.1) is 0 Å². The van der Waals surface area contributed by atoms with Crippen LogP contribution in [0.25, 0.3) is 0 Å². The number of nitrogens with one attached hydrogen (secondary N) is 1. The van der Waals surface area contributed by atoms with E-state index in [0.29, 0.717) is 13.2 Å². The van der Waals surface area contributed by atoms with Gasteiger partial charge in [-0.1, -0.05) is 15.9 Å². The van der Waals surface area contributed by atoms with Gasteiger partial charge in [0.2, 0.25) is 0 Å². The van der Waals surface area contributed by atoms with Crippen LogP contribution in [0.1, 0.15) is 12.8 Å². The maximum absolute atomic E-state index is 11.9. The molecule has 106 valence electrons. The topological polar surface area (TPSA) is 55.4 Å². The highest BCUT2D eigenvalue weighted by molar-refractivity contribution is 9.10. The zero-order chi connectivity index (χ0) is 13.7. The summed E-state index contributed by atoms with van der Waals surface area (Å²) >= 11 is 3.36. The molecule has 4 nitrogen and oxygen atoms in total. The van der Waals surface area contributed by atoms with E-state index in [1.54, 1.807) is 0 Å². The third kappa shape index (κ3) is 5.12. The summed E-state index contributed by atoms with van der Waals surface area (Å²) in [4.78, 5) is 0. The van der Waals surface area contributed by atoms with E-state index >= 15 is 0 Å². The van der Waals surface area contributed by atoms with Crippen LogP contribution < -0.4 is 5.32 Å². The number of hydrogen-bond donors (Lipinski definition) is 1. The van der Waals surface area contributed by atoms with Gasteiger partial charge in [-0.25, -0.2) is 8.42 Å². The fraction of sp³-hybridized carbons (Fsp3) is 0.538. The molecule has 0 aromatic heterocycles. The van der Waals surface area contributed by atoms with Crippen molar-refractivity contribution in [2.75, 3.05) is 30.0 Å². The Balaban J connectivity index is 1.76. The Morgan fingerprint density at radius 3 is 2.68 bits per heavy atom. The molecule has 1 heterocycles. The molecule has 2 rings (SSSR count). The van der Waals surface area contributed by atoms with Crippen molar-refractivity contribution < 1.29 is 13.2 Å². The normalized spacial score (nSPS) is 19.5. The molecular formula is C13H18BrNO3S. The molecule has 0 amide bonds. The molecule has 1 aromatic carbocycles. The van der Waals surface area contributed by atoms with Gasteiger partial charge in [-0.3, -0.25) is 0 Å². The minimum Gasteiger partial charge on any atom is -0.384 e. The molecule has 1 N–H and O–H groups in total. The van der Waals surface area contributed by atoms with Crippen molar-refractivity contribution in [3.63, 3.8) is 0 Å². The van der Waals surface area contributed by atoms with Crippen molar-refractivity contribution in [2.45, 2.75) is 18.9 Å². The van der Waals surface area contributed by atoms with E-state index in [0.717, 1.165) is 23.0 Å². The average molecular weight is 348 g/mol. The first-order valence-corrected chi connectivity index (χ1v) is 8.98. The Bertz CT molecular complexity index is 495. The summed E-state index contributed by atoms with van der Waals surface area (Å²) in [6.45, 7) is 1.12. The molecule has 0 radical (unpaired) electrons. The zero-order valence-electron chi connectivity index (χ0n) is 10.6. The highest BCUT2D eigenvalue weighted by atomic mass is 79.9. The SMILES string of the molecule is O=S(=O)(CCNc1ccc(Br)cc1)CC1CCCO1. The first-order valence-electron chi connectivity index (χ1n) is 6.37. The van der Waals surface area contributed by atoms with Gasteiger partial charge in [0.15, 0.2) is 9.84 Å². The molecule has 1 aliphatic rings. The molecule has 0 saturated carbocycles. The smallest absolute Gasteiger partial charge is 0.154 e. The van der Waals surface area contributed by atoms with Crippen molar-refractivity contribution in [1.29, 1.82) is 0 Å². The highest BCUT2D eigenvalue weighted by Crippen LogP contribution is 2.15. The molecule has 1 aliphatic heterocycles. The van der Waals surface area contributed by atoms with Gasteiger partial charge in [-0.2, -0.15) is 0 Å². The first-order chi connectivity index (χ1) is 9.05. The van der Waals surface area contributed by atoms with Crippen LogP contribution in [0.3, 0.4) is 0 Å². The van der Waals surface area contributed by atoms with Crippen LogP contribution in [-0.4, -0.2) is 39.2 Å². The number of sulfone groups is 1. The standard InChI is InChI=1S/C13H18BrNO3S/c14-11-3-5-12(6-4-11)15-7-9-19(16,17)10-13-2-1-8-18-13/h3-6,13,15H,1-2,7-10H2. The molecule has 0 spiro atoms. The van der Waals surface area contributed by atoms with Crippen molar-refractivity contribution in [3.8, 4) is 0 Å². The lowest BCUT2D eigenvalue weighted by Gasteiger charge is -2.11. The maximum atomic E-state index is 11.9. The Labute approximate surface area is 122 Å². The van der Waals surface area contributed by atoms with Gasteiger partial charge in [0, 0.05) is 23.3 Å². The van der Waals surface area contributed by atoms with Gasteiger partial charge in [0.25, 0.3) is 0 Å². The summed E-state index contributed by atoms with van der Waals surface area (Å²) < 4.78 is 30.2. The van der Waals surface area contributed by atoms with Crippen LogP contribution in [0.2, 0.25) is 0 Å². The molecule has 1 atom stereocenters. The fourth-order valence-corrected chi connectivity index (χ4v) is 3.73. The summed E-state index contributed by atoms with van der Waals surface area (Å²) in [5.74, 6) is 0.290. The summed E-state index contributed by atoms with van der Waals surface area (Å²) in [6, 6.07) is 7.67. The number of hydrogen-bond acceptors (Lipinski definition) is 4. The third-order valence-corrected chi connectivity index (χ3v) is 5.28. The van der Waals surface area contributed by atoms with Gasteiger partial charge < -0.3 is 10.1 Å². The Kier molecular flexibility index (Phi) is 5.24. The Hall–Kier alpha value is -0.590. The van der Waals surface area contributed by atoms with Crippen molar-refractivity contribution >= 4 is 31.5 Å². The number of rotatable bonds is 6. The van der Waals surface area contributed by atoms with E-state index < -0.39 is 9.84 Å².